The number of pyridine rings is 2. The first kappa shape index (κ1) is 29.1. The number of rotatable bonds is 14. The van der Waals surface area contributed by atoms with Crippen molar-refractivity contribution >= 4 is 17.7 Å². The summed E-state index contributed by atoms with van der Waals surface area (Å²) in [7, 11) is 0. The third-order valence-electron chi connectivity index (χ3n) is 5.89. The molecule has 12 heteroatoms. The lowest BCUT2D eigenvalue weighted by Crippen LogP contribution is -2.31. The van der Waals surface area contributed by atoms with Gasteiger partial charge in [0.25, 0.3) is 0 Å². The number of carbonyl (C=O) groups excluding carboxylic acids is 3. The lowest BCUT2D eigenvalue weighted by atomic mass is 10.2. The largest absolute Gasteiger partial charge is 0.503 e. The molecule has 2 aromatic rings. The summed E-state index contributed by atoms with van der Waals surface area (Å²) in [4.78, 5) is 58.6. The van der Waals surface area contributed by atoms with E-state index < -0.39 is 10.9 Å². The highest BCUT2D eigenvalue weighted by Crippen LogP contribution is 2.10. The Balaban J connectivity index is 1.51. The van der Waals surface area contributed by atoms with Crippen molar-refractivity contribution in [2.24, 2.45) is 0 Å². The standard InChI is InChI=1S/C25H35N5O7/c1-17-24(36)19(31)6-13-29(17)15-8-22(34)26-10-3-5-21(33)27-11-4-12-28-23(35)9-16-30-14-7-20(32)25(37)18(30)2/h6-7,13-14,36-37H,3-5,8-12,15-16H2,1-2H3,(H,26,34)(H,27,33)(H,28,35). The van der Waals surface area contributed by atoms with Crippen molar-refractivity contribution in [3.8, 4) is 11.5 Å². The van der Waals surface area contributed by atoms with Crippen molar-refractivity contribution in [2.75, 3.05) is 19.6 Å². The fraction of sp³-hybridized carbons (Fsp3) is 0.480. The van der Waals surface area contributed by atoms with Crippen molar-refractivity contribution in [1.82, 2.24) is 25.1 Å². The van der Waals surface area contributed by atoms with E-state index in [2.05, 4.69) is 16.0 Å². The van der Waals surface area contributed by atoms with Crippen molar-refractivity contribution in [1.29, 1.82) is 0 Å². The van der Waals surface area contributed by atoms with Gasteiger partial charge in [-0.1, -0.05) is 0 Å². The van der Waals surface area contributed by atoms with E-state index in [1.165, 1.54) is 24.5 Å². The SMILES string of the molecule is Cc1c(O)c(=O)ccn1CCC(=O)NCCCNC(=O)CCCNC(=O)CCn1ccc(=O)c(O)c1C. The average Bonchev–Trinajstić information content (AvgIpc) is 2.87. The molecule has 2 heterocycles. The number of aromatic hydroxyl groups is 2. The van der Waals surface area contributed by atoms with E-state index in [0.717, 1.165) is 0 Å². The second-order valence-corrected chi connectivity index (χ2v) is 8.62. The highest BCUT2D eigenvalue weighted by atomic mass is 16.3. The first-order valence-electron chi connectivity index (χ1n) is 12.2. The Labute approximate surface area is 214 Å². The maximum atomic E-state index is 12.0. The summed E-state index contributed by atoms with van der Waals surface area (Å²) in [5.74, 6) is -1.15. The number of nitrogens with zero attached hydrogens (tertiary/aromatic N) is 2. The molecule has 202 valence electrons. The van der Waals surface area contributed by atoms with Crippen LogP contribution in [0.1, 0.15) is 43.5 Å². The Bertz CT molecular complexity index is 1220. The van der Waals surface area contributed by atoms with Gasteiger partial charge in [0.1, 0.15) is 0 Å². The number of carbonyl (C=O) groups is 3. The van der Waals surface area contributed by atoms with Crippen LogP contribution >= 0.6 is 0 Å². The minimum atomic E-state index is -0.460. The lowest BCUT2D eigenvalue weighted by Gasteiger charge is -2.12. The van der Waals surface area contributed by atoms with E-state index in [1.54, 1.807) is 23.0 Å². The van der Waals surface area contributed by atoms with Gasteiger partial charge in [0.15, 0.2) is 11.5 Å². The van der Waals surface area contributed by atoms with Crippen molar-refractivity contribution in [3.05, 3.63) is 56.4 Å². The van der Waals surface area contributed by atoms with E-state index >= 15 is 0 Å². The molecule has 37 heavy (non-hydrogen) atoms. The molecule has 0 radical (unpaired) electrons. The normalized spacial score (nSPS) is 10.6. The summed E-state index contributed by atoms with van der Waals surface area (Å²) in [6, 6.07) is 2.50. The smallest absolute Gasteiger partial charge is 0.223 e. The molecule has 0 aliphatic carbocycles. The first-order chi connectivity index (χ1) is 17.6. The van der Waals surface area contributed by atoms with Gasteiger partial charge in [-0.3, -0.25) is 24.0 Å². The fourth-order valence-electron chi connectivity index (χ4n) is 3.54. The van der Waals surface area contributed by atoms with Crippen LogP contribution in [0, 0.1) is 13.8 Å². The predicted octanol–water partition coefficient (Wildman–Crippen LogP) is 0.0373. The molecule has 5 N–H and O–H groups in total. The highest BCUT2D eigenvalue weighted by Gasteiger charge is 2.09. The monoisotopic (exact) mass is 517 g/mol. The zero-order valence-electron chi connectivity index (χ0n) is 21.2. The molecule has 0 bridgehead atoms. The number of amides is 3. The summed E-state index contributed by atoms with van der Waals surface area (Å²) in [6.45, 7) is 5.01. The summed E-state index contributed by atoms with van der Waals surface area (Å²) < 4.78 is 3.27. The van der Waals surface area contributed by atoms with Gasteiger partial charge in [0, 0.05) is 76.5 Å². The molecule has 0 saturated heterocycles. The van der Waals surface area contributed by atoms with Crippen LogP contribution in [0.2, 0.25) is 0 Å². The van der Waals surface area contributed by atoms with Crippen molar-refractivity contribution in [3.63, 3.8) is 0 Å². The number of hydrogen-bond acceptors (Lipinski definition) is 7. The van der Waals surface area contributed by atoms with Gasteiger partial charge >= 0.3 is 0 Å². The number of hydrogen-bond donors (Lipinski definition) is 5. The number of nitrogens with one attached hydrogen (secondary N) is 3. The Morgan fingerprint density at radius 3 is 1.49 bits per heavy atom. The van der Waals surface area contributed by atoms with E-state index in [-0.39, 0.29) is 48.5 Å². The Hall–Kier alpha value is -4.09. The zero-order valence-corrected chi connectivity index (χ0v) is 21.2. The van der Waals surface area contributed by atoms with Crippen LogP contribution in [-0.4, -0.2) is 56.7 Å². The molecule has 2 aromatic heterocycles. The fourth-order valence-corrected chi connectivity index (χ4v) is 3.54. The van der Waals surface area contributed by atoms with E-state index in [9.17, 15) is 34.2 Å². The first-order valence-corrected chi connectivity index (χ1v) is 12.2. The van der Waals surface area contributed by atoms with Gasteiger partial charge in [0.2, 0.25) is 28.6 Å². The third-order valence-corrected chi connectivity index (χ3v) is 5.89. The van der Waals surface area contributed by atoms with Crippen LogP contribution in [-0.2, 0) is 27.5 Å². The minimum Gasteiger partial charge on any atom is -0.503 e. The van der Waals surface area contributed by atoms with E-state index in [1.807, 2.05) is 0 Å². The summed E-state index contributed by atoms with van der Waals surface area (Å²) in [5.41, 5.74) is -0.107. The van der Waals surface area contributed by atoms with Crippen molar-refractivity contribution < 1.29 is 24.6 Å². The maximum Gasteiger partial charge on any atom is 0.223 e. The van der Waals surface area contributed by atoms with Crippen LogP contribution in [0.4, 0.5) is 0 Å². The molecule has 3 amide bonds. The van der Waals surface area contributed by atoms with E-state index in [4.69, 9.17) is 0 Å². The molecule has 12 nitrogen and oxygen atoms in total. The quantitative estimate of drug-likeness (QED) is 0.220. The van der Waals surface area contributed by atoms with Gasteiger partial charge in [-0.15, -0.1) is 0 Å². The number of aryl methyl sites for hydroxylation is 2. The number of aromatic nitrogens is 2. The molecule has 0 aliphatic rings. The molecule has 0 spiro atoms. The van der Waals surface area contributed by atoms with Gasteiger partial charge in [-0.2, -0.15) is 0 Å². The zero-order chi connectivity index (χ0) is 27.4. The highest BCUT2D eigenvalue weighted by molar-refractivity contribution is 5.77. The maximum absolute atomic E-state index is 12.0. The molecule has 0 atom stereocenters. The Kier molecular flexibility index (Phi) is 11.4. The molecular weight excluding hydrogens is 482 g/mol. The summed E-state index contributed by atoms with van der Waals surface area (Å²) in [6.07, 6.45) is 4.72. The second kappa shape index (κ2) is 14.5. The van der Waals surface area contributed by atoms with Crippen LogP contribution < -0.4 is 26.8 Å². The molecule has 0 fully saturated rings. The Morgan fingerprint density at radius 2 is 1.05 bits per heavy atom. The Morgan fingerprint density at radius 1 is 0.676 bits per heavy atom. The molecular formula is C25H35N5O7. The topological polar surface area (TPSA) is 172 Å². The second-order valence-electron chi connectivity index (χ2n) is 8.62. The van der Waals surface area contributed by atoms with Crippen LogP contribution in [0.25, 0.3) is 0 Å². The van der Waals surface area contributed by atoms with Gasteiger partial charge in [0.05, 0.1) is 11.4 Å². The van der Waals surface area contributed by atoms with Crippen LogP contribution in [0.5, 0.6) is 11.5 Å². The molecule has 2 rings (SSSR count). The average molecular weight is 518 g/mol. The van der Waals surface area contributed by atoms with Gasteiger partial charge < -0.3 is 35.3 Å². The minimum absolute atomic E-state index is 0.145. The summed E-state index contributed by atoms with van der Waals surface area (Å²) >= 11 is 0. The third kappa shape index (κ3) is 9.47. The molecule has 0 aromatic carbocycles. The molecule has 0 saturated carbocycles. The summed E-state index contributed by atoms with van der Waals surface area (Å²) in [5, 5.41) is 27.6. The van der Waals surface area contributed by atoms with E-state index in [0.29, 0.717) is 57.0 Å². The van der Waals surface area contributed by atoms with Gasteiger partial charge in [-0.05, 0) is 26.7 Å². The van der Waals surface area contributed by atoms with Crippen LogP contribution in [0.3, 0.4) is 0 Å². The van der Waals surface area contributed by atoms with Crippen LogP contribution in [0.15, 0.2) is 34.1 Å². The lowest BCUT2D eigenvalue weighted by molar-refractivity contribution is -0.123. The molecule has 0 unspecified atom stereocenters. The molecule has 0 aliphatic heterocycles. The van der Waals surface area contributed by atoms with Gasteiger partial charge in [-0.25, -0.2) is 0 Å². The predicted molar refractivity (Wildman–Crippen MR) is 136 cm³/mol. The van der Waals surface area contributed by atoms with Crippen molar-refractivity contribution in [2.45, 2.75) is 59.0 Å².